The molecule has 0 atom stereocenters. The van der Waals surface area contributed by atoms with Gasteiger partial charge < -0.3 is 4.42 Å². The molecule has 1 aromatic carbocycles. The number of carbonyl (C=O) groups is 1. The number of thiazole rings is 1. The maximum atomic E-state index is 12.3. The molecule has 1 amide bonds. The Morgan fingerprint density at radius 2 is 1.78 bits per heavy atom. The highest BCUT2D eigenvalue weighted by Crippen LogP contribution is 2.29. The van der Waals surface area contributed by atoms with Gasteiger partial charge in [-0.05, 0) is 39.8 Å². The number of nitrogens with one attached hydrogen (secondary N) is 1. The molecular formula is C16H16N4O2S. The van der Waals surface area contributed by atoms with Crippen molar-refractivity contribution >= 4 is 23.3 Å². The van der Waals surface area contributed by atoms with E-state index >= 15 is 0 Å². The summed E-state index contributed by atoms with van der Waals surface area (Å²) < 4.78 is 5.53. The average Bonchev–Trinajstić information content (AvgIpc) is 3.04. The van der Waals surface area contributed by atoms with E-state index in [2.05, 4.69) is 20.5 Å². The molecule has 118 valence electrons. The summed E-state index contributed by atoms with van der Waals surface area (Å²) in [5.41, 5.74) is 3.45. The monoisotopic (exact) mass is 328 g/mol. The predicted molar refractivity (Wildman–Crippen MR) is 88.7 cm³/mol. The average molecular weight is 328 g/mol. The van der Waals surface area contributed by atoms with Gasteiger partial charge in [0.1, 0.15) is 4.88 Å². The van der Waals surface area contributed by atoms with E-state index < -0.39 is 0 Å². The van der Waals surface area contributed by atoms with Crippen molar-refractivity contribution in [2.24, 2.45) is 0 Å². The van der Waals surface area contributed by atoms with Gasteiger partial charge in [0.25, 0.3) is 11.8 Å². The first kappa shape index (κ1) is 15.4. The lowest BCUT2D eigenvalue weighted by Gasteiger charge is -2.03. The number of anilines is 1. The van der Waals surface area contributed by atoms with Crippen molar-refractivity contribution in [2.75, 3.05) is 5.32 Å². The van der Waals surface area contributed by atoms with Crippen LogP contribution in [0.4, 0.5) is 6.01 Å². The summed E-state index contributed by atoms with van der Waals surface area (Å²) in [6.07, 6.45) is 0. The molecule has 0 spiro atoms. The molecule has 7 heteroatoms. The lowest BCUT2D eigenvalue weighted by atomic mass is 10.1. The van der Waals surface area contributed by atoms with Gasteiger partial charge in [0, 0.05) is 5.56 Å². The summed E-state index contributed by atoms with van der Waals surface area (Å²) in [5, 5.41) is 11.4. The van der Waals surface area contributed by atoms with Gasteiger partial charge in [-0.3, -0.25) is 10.1 Å². The second-order valence-corrected chi connectivity index (χ2v) is 6.59. The molecule has 0 unspecified atom stereocenters. The number of hydrogen-bond acceptors (Lipinski definition) is 6. The molecule has 0 saturated heterocycles. The highest BCUT2D eigenvalue weighted by molar-refractivity contribution is 7.15. The van der Waals surface area contributed by atoms with Gasteiger partial charge in [-0.25, -0.2) is 4.98 Å². The summed E-state index contributed by atoms with van der Waals surface area (Å²) in [6, 6.07) is 5.72. The molecule has 0 saturated carbocycles. The topological polar surface area (TPSA) is 80.9 Å². The molecule has 0 aliphatic heterocycles. The van der Waals surface area contributed by atoms with Crippen LogP contribution in [0.25, 0.3) is 10.8 Å². The summed E-state index contributed by atoms with van der Waals surface area (Å²) >= 11 is 1.48. The number of carbonyl (C=O) groups excluding carboxylic acids is 1. The Labute approximate surface area is 137 Å². The quantitative estimate of drug-likeness (QED) is 0.793. The van der Waals surface area contributed by atoms with Crippen molar-refractivity contribution in [2.45, 2.75) is 27.7 Å². The van der Waals surface area contributed by atoms with Crippen LogP contribution in [-0.2, 0) is 0 Å². The Kier molecular flexibility index (Phi) is 3.96. The van der Waals surface area contributed by atoms with Crippen molar-refractivity contribution in [3.05, 3.63) is 45.6 Å². The minimum absolute atomic E-state index is 0.0783. The zero-order chi connectivity index (χ0) is 16.6. The van der Waals surface area contributed by atoms with E-state index in [-0.39, 0.29) is 11.9 Å². The van der Waals surface area contributed by atoms with E-state index in [4.69, 9.17) is 4.42 Å². The van der Waals surface area contributed by atoms with E-state index in [0.29, 0.717) is 11.5 Å². The van der Waals surface area contributed by atoms with E-state index in [1.54, 1.807) is 0 Å². The van der Waals surface area contributed by atoms with Crippen molar-refractivity contribution in [1.29, 1.82) is 0 Å². The summed E-state index contributed by atoms with van der Waals surface area (Å²) in [6.45, 7) is 7.70. The Bertz CT molecular complexity index is 862. The predicted octanol–water partition coefficient (Wildman–Crippen LogP) is 3.68. The molecule has 3 rings (SSSR count). The van der Waals surface area contributed by atoms with Crippen LogP contribution in [-0.4, -0.2) is 21.1 Å². The van der Waals surface area contributed by atoms with Gasteiger partial charge in [-0.1, -0.05) is 22.3 Å². The lowest BCUT2D eigenvalue weighted by Crippen LogP contribution is -2.12. The first-order chi connectivity index (χ1) is 10.9. The maximum absolute atomic E-state index is 12.3. The summed E-state index contributed by atoms with van der Waals surface area (Å²) in [5.74, 6) is 0.0908. The van der Waals surface area contributed by atoms with E-state index in [0.717, 1.165) is 26.7 Å². The number of rotatable bonds is 3. The number of aromatic nitrogens is 3. The first-order valence-electron chi connectivity index (χ1n) is 7.10. The fourth-order valence-corrected chi connectivity index (χ4v) is 3.21. The second-order valence-electron chi connectivity index (χ2n) is 5.39. The fourth-order valence-electron chi connectivity index (χ4n) is 2.37. The Balaban J connectivity index is 1.81. The highest BCUT2D eigenvalue weighted by atomic mass is 32.1. The van der Waals surface area contributed by atoms with E-state index in [9.17, 15) is 4.79 Å². The van der Waals surface area contributed by atoms with Crippen molar-refractivity contribution < 1.29 is 9.21 Å². The number of amides is 1. The van der Waals surface area contributed by atoms with Crippen molar-refractivity contribution in [1.82, 2.24) is 15.2 Å². The SMILES string of the molecule is Cc1cc(C)cc(C(=O)Nc2nnc(-c3sc(C)nc3C)o2)c1. The van der Waals surface area contributed by atoms with Gasteiger partial charge in [0.05, 0.1) is 10.7 Å². The van der Waals surface area contributed by atoms with E-state index in [1.165, 1.54) is 11.3 Å². The third kappa shape index (κ3) is 3.29. The fraction of sp³-hybridized carbons (Fsp3) is 0.250. The van der Waals surface area contributed by atoms with Gasteiger partial charge in [-0.15, -0.1) is 16.4 Å². The van der Waals surface area contributed by atoms with Gasteiger partial charge in [0.2, 0.25) is 0 Å². The number of aryl methyl sites for hydroxylation is 4. The Morgan fingerprint density at radius 3 is 2.39 bits per heavy atom. The maximum Gasteiger partial charge on any atom is 0.322 e. The molecule has 0 radical (unpaired) electrons. The molecule has 2 heterocycles. The molecule has 1 N–H and O–H groups in total. The molecular weight excluding hydrogens is 312 g/mol. The third-order valence-corrected chi connectivity index (χ3v) is 4.29. The minimum atomic E-state index is -0.274. The zero-order valence-electron chi connectivity index (χ0n) is 13.3. The standard InChI is InChI=1S/C16H16N4O2S/c1-8-5-9(2)7-12(6-8)14(21)18-16-20-19-15(22-16)13-10(3)17-11(4)23-13/h5-7H,1-4H3,(H,18,20,21). The van der Waals surface area contributed by atoms with Gasteiger partial charge in [-0.2, -0.15) is 0 Å². The molecule has 0 bridgehead atoms. The molecule has 23 heavy (non-hydrogen) atoms. The number of benzene rings is 1. The van der Waals surface area contributed by atoms with Gasteiger partial charge in [0.15, 0.2) is 0 Å². The van der Waals surface area contributed by atoms with Crippen LogP contribution in [0.2, 0.25) is 0 Å². The van der Waals surface area contributed by atoms with Crippen LogP contribution >= 0.6 is 11.3 Å². The van der Waals surface area contributed by atoms with Crippen LogP contribution in [0.3, 0.4) is 0 Å². The first-order valence-corrected chi connectivity index (χ1v) is 7.91. The van der Waals surface area contributed by atoms with E-state index in [1.807, 2.05) is 45.9 Å². The van der Waals surface area contributed by atoms with Crippen LogP contribution in [0.5, 0.6) is 0 Å². The number of hydrogen-bond donors (Lipinski definition) is 1. The molecule has 2 aromatic heterocycles. The smallest absolute Gasteiger partial charge is 0.322 e. The van der Waals surface area contributed by atoms with Crippen LogP contribution in [0, 0.1) is 27.7 Å². The molecule has 0 aliphatic carbocycles. The van der Waals surface area contributed by atoms with Gasteiger partial charge >= 0.3 is 6.01 Å². The van der Waals surface area contributed by atoms with Crippen LogP contribution < -0.4 is 5.32 Å². The highest BCUT2D eigenvalue weighted by Gasteiger charge is 2.17. The molecule has 3 aromatic rings. The summed E-state index contributed by atoms with van der Waals surface area (Å²) in [7, 11) is 0. The molecule has 0 aliphatic rings. The third-order valence-electron chi connectivity index (χ3n) is 3.23. The lowest BCUT2D eigenvalue weighted by molar-refractivity contribution is 0.102. The zero-order valence-corrected chi connectivity index (χ0v) is 14.1. The number of nitrogens with zero attached hydrogens (tertiary/aromatic N) is 3. The summed E-state index contributed by atoms with van der Waals surface area (Å²) in [4.78, 5) is 17.4. The van der Waals surface area contributed by atoms with Crippen LogP contribution in [0.1, 0.15) is 32.2 Å². The van der Waals surface area contributed by atoms with Crippen molar-refractivity contribution in [3.8, 4) is 10.8 Å². The Morgan fingerprint density at radius 1 is 1.09 bits per heavy atom. The minimum Gasteiger partial charge on any atom is -0.402 e. The van der Waals surface area contributed by atoms with Crippen molar-refractivity contribution in [3.63, 3.8) is 0 Å². The van der Waals surface area contributed by atoms with Crippen LogP contribution in [0.15, 0.2) is 22.6 Å². The molecule has 6 nitrogen and oxygen atoms in total. The normalized spacial score (nSPS) is 10.8. The second kappa shape index (κ2) is 5.92. The molecule has 0 fully saturated rings. The Hall–Kier alpha value is -2.54. The largest absolute Gasteiger partial charge is 0.402 e.